The molecule has 0 aromatic heterocycles. The number of benzene rings is 1. The first-order chi connectivity index (χ1) is 9.41. The van der Waals surface area contributed by atoms with E-state index in [1.807, 2.05) is 12.3 Å². The summed E-state index contributed by atoms with van der Waals surface area (Å²) in [5, 5.41) is 2.61. The van der Waals surface area contributed by atoms with Crippen molar-refractivity contribution in [1.82, 2.24) is 0 Å². The first-order valence-electron chi connectivity index (χ1n) is 7.90. The van der Waals surface area contributed by atoms with Gasteiger partial charge in [0.05, 0.1) is 0 Å². The van der Waals surface area contributed by atoms with Crippen LogP contribution in [0.15, 0.2) is 40.4 Å². The van der Waals surface area contributed by atoms with Crippen LogP contribution in [0.2, 0.25) is 16.4 Å². The molecular formula is C18H29AlLiN. The van der Waals surface area contributed by atoms with Gasteiger partial charge in [-0.25, -0.2) is 0 Å². The Labute approximate surface area is 146 Å². The van der Waals surface area contributed by atoms with Gasteiger partial charge in [0.15, 0.2) is 0 Å². The minimum Gasteiger partial charge on any atom is -0.558 e. The third-order valence-corrected chi connectivity index (χ3v) is 8.39. The third-order valence-electron chi connectivity index (χ3n) is 3.58. The van der Waals surface area contributed by atoms with Crippen LogP contribution in [0.5, 0.6) is 0 Å². The monoisotopic (exact) mass is 293 g/mol. The predicted octanol–water partition coefficient (Wildman–Crippen LogP) is 2.66. The predicted molar refractivity (Wildman–Crippen MR) is 94.9 cm³/mol. The van der Waals surface area contributed by atoms with Gasteiger partial charge in [0.25, 0.3) is 13.3 Å². The van der Waals surface area contributed by atoms with Gasteiger partial charge in [-0.3, -0.25) is 0 Å². The van der Waals surface area contributed by atoms with E-state index in [-0.39, 0.29) is 18.9 Å². The molecule has 3 heteroatoms. The van der Waals surface area contributed by atoms with E-state index >= 15 is 0 Å². The van der Waals surface area contributed by atoms with E-state index < -0.39 is 13.3 Å². The first-order valence-corrected chi connectivity index (χ1v) is 11.2. The van der Waals surface area contributed by atoms with Crippen LogP contribution in [-0.4, -0.2) is 19.5 Å². The van der Waals surface area contributed by atoms with Crippen LogP contribution in [-0.2, 0) is 0 Å². The second-order valence-electron chi connectivity index (χ2n) is 7.06. The van der Waals surface area contributed by atoms with E-state index in [0.29, 0.717) is 0 Å². The molecular weight excluding hydrogens is 264 g/mol. The fraction of sp³-hybridized carbons (Fsp3) is 0.500. The van der Waals surface area contributed by atoms with Crippen molar-refractivity contribution >= 4 is 25.6 Å². The molecule has 0 aliphatic carbocycles. The number of rotatable bonds is 7. The molecule has 0 bridgehead atoms. The number of allylic oxidation sites excluding steroid dienone is 1. The summed E-state index contributed by atoms with van der Waals surface area (Å²) in [4.78, 5) is 0. The van der Waals surface area contributed by atoms with Gasteiger partial charge in [-0.05, 0) is 17.9 Å². The maximum atomic E-state index is 5.01. The minimum absolute atomic E-state index is 0. The molecule has 110 valence electrons. The van der Waals surface area contributed by atoms with Crippen molar-refractivity contribution < 1.29 is 18.9 Å². The standard InChI is InChI=1S/C9H8N.2C4H9.CH3.Al.Li/c10-8-4-7-9-5-2-1-3-6-9;2*1-4(2)3;;;/h1-8H;2*4H,1H2,2-3H3;1H3;;/q-1;;;;;+1/b7-4+;;;;;. The molecule has 0 saturated carbocycles. The average molecular weight is 293 g/mol. The number of nitrogens with zero attached hydrogens (tertiary/aromatic N) is 1. The van der Waals surface area contributed by atoms with Gasteiger partial charge in [-0.15, -0.1) is 0 Å². The Morgan fingerprint density at radius 1 is 1.00 bits per heavy atom. The molecule has 0 radical (unpaired) electrons. The van der Waals surface area contributed by atoms with Crippen LogP contribution >= 0.6 is 0 Å². The normalized spacial score (nSPS) is 12.5. The van der Waals surface area contributed by atoms with E-state index in [4.69, 9.17) is 3.98 Å². The van der Waals surface area contributed by atoms with Crippen LogP contribution in [0.4, 0.5) is 0 Å². The molecule has 0 atom stereocenters. The Bertz CT molecular complexity index is 428. The zero-order valence-corrected chi connectivity index (χ0v) is 15.9. The Morgan fingerprint density at radius 2 is 1.52 bits per heavy atom. The summed E-state index contributed by atoms with van der Waals surface area (Å²) in [6.07, 6.45) is 6.27. The molecule has 0 unspecified atom stereocenters. The maximum absolute atomic E-state index is 5.01. The first kappa shape index (κ1) is 20.8. The van der Waals surface area contributed by atoms with E-state index in [1.165, 1.54) is 16.1 Å². The molecule has 1 nitrogen and oxygen atoms in total. The molecule has 0 fully saturated rings. The Hall–Kier alpha value is -0.240. The van der Waals surface area contributed by atoms with Crippen molar-refractivity contribution in [3.63, 3.8) is 0 Å². The van der Waals surface area contributed by atoms with Crippen molar-refractivity contribution in [1.29, 1.82) is 0 Å². The van der Waals surface area contributed by atoms with E-state index in [2.05, 4.69) is 69.9 Å². The summed E-state index contributed by atoms with van der Waals surface area (Å²) in [5.74, 6) is 3.94. The second-order valence-corrected chi connectivity index (χ2v) is 11.8. The zero-order chi connectivity index (χ0) is 15.0. The van der Waals surface area contributed by atoms with Crippen molar-refractivity contribution in [2.45, 2.75) is 44.0 Å². The van der Waals surface area contributed by atoms with Gasteiger partial charge in [-0.1, -0.05) is 75.9 Å². The summed E-state index contributed by atoms with van der Waals surface area (Å²) in [7, 11) is 0. The molecule has 1 aromatic carbocycles. The van der Waals surface area contributed by atoms with Gasteiger partial charge in [-0.2, -0.15) is 16.4 Å². The summed E-state index contributed by atoms with van der Waals surface area (Å²) in [5.41, 5.74) is 1.23. The third kappa shape index (κ3) is 9.39. The topological polar surface area (TPSA) is 12.4 Å². The van der Waals surface area contributed by atoms with Crippen molar-refractivity contribution in [3.8, 4) is 0 Å². The Morgan fingerprint density at radius 3 is 2.00 bits per heavy atom. The molecule has 0 aliphatic rings. The van der Waals surface area contributed by atoms with Gasteiger partial charge in [0.2, 0.25) is 0 Å². The van der Waals surface area contributed by atoms with Crippen molar-refractivity contribution in [2.24, 2.45) is 15.8 Å². The van der Waals surface area contributed by atoms with Crippen molar-refractivity contribution in [3.05, 3.63) is 42.0 Å². The molecule has 0 aliphatic heterocycles. The average Bonchev–Trinajstić information content (AvgIpc) is 2.34. The van der Waals surface area contributed by atoms with Gasteiger partial charge in [0.1, 0.15) is 0 Å². The van der Waals surface area contributed by atoms with Crippen LogP contribution in [0, 0.1) is 11.8 Å². The molecule has 0 spiro atoms. The minimum atomic E-state index is -1.81. The van der Waals surface area contributed by atoms with Crippen LogP contribution < -0.4 is 18.9 Å². The molecule has 1 rings (SSSR count). The zero-order valence-electron chi connectivity index (χ0n) is 14.7. The number of hydrogen-bond acceptors (Lipinski definition) is 1. The number of hydrogen-bond donors (Lipinski definition) is 0. The smallest absolute Gasteiger partial charge is 0.558 e. The molecule has 21 heavy (non-hydrogen) atoms. The van der Waals surface area contributed by atoms with E-state index in [9.17, 15) is 0 Å². The quantitative estimate of drug-likeness (QED) is 0.541. The summed E-state index contributed by atoms with van der Waals surface area (Å²) in [6, 6.07) is 10.4. The van der Waals surface area contributed by atoms with Gasteiger partial charge >= 0.3 is 18.9 Å². The fourth-order valence-corrected chi connectivity index (χ4v) is 8.24. The molecule has 0 amide bonds. The fourth-order valence-electron chi connectivity index (χ4n) is 3.22. The van der Waals surface area contributed by atoms with Crippen LogP contribution in [0.1, 0.15) is 33.3 Å². The van der Waals surface area contributed by atoms with Gasteiger partial charge < -0.3 is 3.98 Å². The largest absolute Gasteiger partial charge is 1.00 e. The molecule has 0 N–H and O–H groups in total. The molecule has 0 saturated heterocycles. The molecule has 1 aromatic rings. The van der Waals surface area contributed by atoms with Gasteiger partial charge in [0, 0.05) is 0 Å². The second kappa shape index (κ2) is 10.5. The summed E-state index contributed by atoms with van der Waals surface area (Å²) in [6.45, 7) is 9.25. The summed E-state index contributed by atoms with van der Waals surface area (Å²) < 4.78 is 5.01. The Balaban J connectivity index is 0.00000400. The molecule has 0 heterocycles. The van der Waals surface area contributed by atoms with E-state index in [0.717, 1.165) is 11.8 Å². The van der Waals surface area contributed by atoms with Crippen LogP contribution in [0.3, 0.4) is 0 Å². The summed E-state index contributed by atoms with van der Waals surface area (Å²) >= 11 is -1.81. The SMILES string of the molecule is CC(C)[CH2][Al-]([CH3])([CH2]C(C)C)/[N]=C/C=C/c1ccccc1.[Li+]. The Kier molecular flexibility index (Phi) is 10.4. The maximum Gasteiger partial charge on any atom is 1.00 e. The van der Waals surface area contributed by atoms with Crippen LogP contribution in [0.25, 0.3) is 6.08 Å². The van der Waals surface area contributed by atoms with Crippen molar-refractivity contribution in [2.75, 3.05) is 0 Å². The van der Waals surface area contributed by atoms with E-state index in [1.54, 1.807) is 0 Å².